The molecule has 0 aliphatic heterocycles. The van der Waals surface area contributed by atoms with E-state index < -0.39 is 11.5 Å². The molecule has 0 saturated heterocycles. The van der Waals surface area contributed by atoms with Crippen molar-refractivity contribution < 1.29 is 19.5 Å². The smallest absolute Gasteiger partial charge is 0.329 e. The molecular formula is C29H30N2O4. The first kappa shape index (κ1) is 24.2. The highest BCUT2D eigenvalue weighted by atomic mass is 16.4. The Morgan fingerprint density at radius 1 is 1.03 bits per heavy atom. The van der Waals surface area contributed by atoms with Gasteiger partial charge in [-0.3, -0.25) is 9.59 Å². The van der Waals surface area contributed by atoms with Crippen molar-refractivity contribution in [3.63, 3.8) is 0 Å². The fourth-order valence-electron chi connectivity index (χ4n) is 4.55. The molecule has 1 aromatic heterocycles. The number of hydrogen-bond acceptors (Lipinski definition) is 3. The van der Waals surface area contributed by atoms with Gasteiger partial charge in [-0.25, -0.2) is 4.79 Å². The lowest BCUT2D eigenvalue weighted by atomic mass is 9.97. The summed E-state index contributed by atoms with van der Waals surface area (Å²) in [7, 11) is 0. The molecule has 1 fully saturated rings. The number of nitrogens with zero attached hydrogens (tertiary/aromatic N) is 1. The second kappa shape index (κ2) is 10.6. The predicted molar refractivity (Wildman–Crippen MR) is 135 cm³/mol. The number of carboxylic acid groups (broad SMARTS) is 1. The highest BCUT2D eigenvalue weighted by molar-refractivity contribution is 5.98. The van der Waals surface area contributed by atoms with Gasteiger partial charge in [0.15, 0.2) is 5.78 Å². The van der Waals surface area contributed by atoms with Crippen LogP contribution >= 0.6 is 0 Å². The number of Topliss-reactive ketones (excluding diaryl/α,β-unsaturated/α-hetero) is 1. The van der Waals surface area contributed by atoms with Gasteiger partial charge in [-0.2, -0.15) is 0 Å². The summed E-state index contributed by atoms with van der Waals surface area (Å²) >= 11 is 0. The Morgan fingerprint density at radius 2 is 1.77 bits per heavy atom. The number of aryl methyl sites for hydroxylation is 1. The molecule has 1 amide bonds. The van der Waals surface area contributed by atoms with Gasteiger partial charge in [0.25, 0.3) is 5.91 Å². The van der Waals surface area contributed by atoms with Gasteiger partial charge < -0.3 is 15.0 Å². The molecule has 0 bridgehead atoms. The molecule has 0 atom stereocenters. The van der Waals surface area contributed by atoms with Gasteiger partial charge >= 0.3 is 5.97 Å². The van der Waals surface area contributed by atoms with E-state index in [1.807, 2.05) is 72.3 Å². The number of nitrogens with one attached hydrogen (secondary N) is 1. The summed E-state index contributed by atoms with van der Waals surface area (Å²) in [6.45, 7) is 2.54. The molecule has 6 heteroatoms. The number of rotatable bonds is 9. The normalized spacial score (nSPS) is 14.8. The van der Waals surface area contributed by atoms with Gasteiger partial charge in [0.05, 0.1) is 5.69 Å². The zero-order valence-corrected chi connectivity index (χ0v) is 19.9. The molecule has 1 heterocycles. The largest absolute Gasteiger partial charge is 0.480 e. The lowest BCUT2D eigenvalue weighted by molar-refractivity contribution is -0.144. The summed E-state index contributed by atoms with van der Waals surface area (Å²) in [6.07, 6.45) is 8.56. The summed E-state index contributed by atoms with van der Waals surface area (Å²) in [5.74, 6) is -1.29. The van der Waals surface area contributed by atoms with Gasteiger partial charge in [-0.15, -0.1) is 0 Å². The van der Waals surface area contributed by atoms with Crippen molar-refractivity contribution in [1.29, 1.82) is 0 Å². The summed E-state index contributed by atoms with van der Waals surface area (Å²) < 4.78 is 1.90. The standard InChI is InChI=1S/C29H30N2O4/c1-21-11-13-23(14-12-21)20-26(32)25-10-6-18-31(25)17-5-8-22-7-4-9-24(19-22)27(33)30-29(28(34)35)15-2-3-16-29/h4-14,18-19H,2-3,15-17,20H2,1H3,(H,30,33)(H,34,35)/b8-5+. The molecule has 2 aromatic carbocycles. The van der Waals surface area contributed by atoms with Crippen LogP contribution in [0.1, 0.15) is 63.2 Å². The molecule has 1 aliphatic rings. The van der Waals surface area contributed by atoms with Gasteiger partial charge in [0.2, 0.25) is 0 Å². The third-order valence-electron chi connectivity index (χ3n) is 6.58. The number of carboxylic acids is 1. The number of aliphatic carboxylic acids is 1. The van der Waals surface area contributed by atoms with Crippen LogP contribution in [0.15, 0.2) is 72.9 Å². The summed E-state index contributed by atoms with van der Waals surface area (Å²) in [5, 5.41) is 12.4. The van der Waals surface area contributed by atoms with E-state index in [-0.39, 0.29) is 11.7 Å². The average Bonchev–Trinajstić information content (AvgIpc) is 3.51. The topological polar surface area (TPSA) is 88.4 Å². The zero-order chi connectivity index (χ0) is 24.8. The monoisotopic (exact) mass is 470 g/mol. The highest BCUT2D eigenvalue weighted by Gasteiger charge is 2.42. The number of benzene rings is 2. The second-order valence-electron chi connectivity index (χ2n) is 9.21. The Labute approximate surface area is 205 Å². The molecule has 0 unspecified atom stereocenters. The van der Waals surface area contributed by atoms with Gasteiger partial charge in [0.1, 0.15) is 5.54 Å². The third kappa shape index (κ3) is 5.77. The van der Waals surface area contributed by atoms with Gasteiger partial charge in [0, 0.05) is 24.7 Å². The number of carbonyl (C=O) groups is 3. The number of carbonyl (C=O) groups excluding carboxylic acids is 2. The number of amides is 1. The maximum atomic E-state index is 12.8. The van der Waals surface area contributed by atoms with Crippen LogP contribution in [0.2, 0.25) is 0 Å². The minimum Gasteiger partial charge on any atom is -0.480 e. The van der Waals surface area contributed by atoms with Crippen LogP contribution in [0.4, 0.5) is 0 Å². The third-order valence-corrected chi connectivity index (χ3v) is 6.58. The minimum absolute atomic E-state index is 0.0604. The van der Waals surface area contributed by atoms with Crippen molar-refractivity contribution in [3.05, 3.63) is 101 Å². The van der Waals surface area contributed by atoms with Crippen LogP contribution in [0.5, 0.6) is 0 Å². The Bertz CT molecular complexity index is 1250. The Balaban J connectivity index is 1.40. The van der Waals surface area contributed by atoms with Crippen molar-refractivity contribution in [2.45, 2.75) is 51.1 Å². The van der Waals surface area contributed by atoms with E-state index >= 15 is 0 Å². The summed E-state index contributed by atoms with van der Waals surface area (Å²) in [4.78, 5) is 37.3. The van der Waals surface area contributed by atoms with Crippen molar-refractivity contribution in [3.8, 4) is 0 Å². The first-order chi connectivity index (χ1) is 16.9. The first-order valence-electron chi connectivity index (χ1n) is 11.9. The highest BCUT2D eigenvalue weighted by Crippen LogP contribution is 2.30. The van der Waals surface area contributed by atoms with E-state index in [4.69, 9.17) is 0 Å². The van der Waals surface area contributed by atoms with Crippen LogP contribution < -0.4 is 5.32 Å². The second-order valence-corrected chi connectivity index (χ2v) is 9.21. The van der Waals surface area contributed by atoms with E-state index in [2.05, 4.69) is 5.32 Å². The van der Waals surface area contributed by atoms with E-state index in [9.17, 15) is 19.5 Å². The van der Waals surface area contributed by atoms with Crippen LogP contribution in [0.3, 0.4) is 0 Å². The van der Waals surface area contributed by atoms with Crippen molar-refractivity contribution >= 4 is 23.7 Å². The van der Waals surface area contributed by atoms with E-state index in [0.29, 0.717) is 37.1 Å². The molecular weight excluding hydrogens is 440 g/mol. The molecule has 3 aromatic rings. The number of aromatic nitrogens is 1. The summed E-state index contributed by atoms with van der Waals surface area (Å²) in [5.41, 5.74) is 2.89. The van der Waals surface area contributed by atoms with Crippen LogP contribution in [-0.4, -0.2) is 32.9 Å². The lowest BCUT2D eigenvalue weighted by Crippen LogP contribution is -2.52. The van der Waals surface area contributed by atoms with Crippen LogP contribution in [-0.2, 0) is 17.8 Å². The Morgan fingerprint density at radius 3 is 2.49 bits per heavy atom. The quantitative estimate of drug-likeness (QED) is 0.428. The zero-order valence-electron chi connectivity index (χ0n) is 19.9. The number of hydrogen-bond donors (Lipinski definition) is 2. The van der Waals surface area contributed by atoms with Crippen molar-refractivity contribution in [2.24, 2.45) is 0 Å². The number of allylic oxidation sites excluding steroid dienone is 1. The van der Waals surface area contributed by atoms with Crippen LogP contribution in [0, 0.1) is 6.92 Å². The molecule has 180 valence electrons. The molecule has 4 rings (SSSR count). The fourth-order valence-corrected chi connectivity index (χ4v) is 4.55. The SMILES string of the molecule is Cc1ccc(CC(=O)c2cccn2C/C=C/c2cccc(C(=O)NC3(C(=O)O)CCCC3)c2)cc1. The van der Waals surface area contributed by atoms with Crippen LogP contribution in [0.25, 0.3) is 6.08 Å². The lowest BCUT2D eigenvalue weighted by Gasteiger charge is -2.25. The number of ketones is 1. The fraction of sp³-hybridized carbons (Fsp3) is 0.276. The van der Waals surface area contributed by atoms with E-state index in [0.717, 1.165) is 29.5 Å². The molecule has 1 aliphatic carbocycles. The molecule has 2 N–H and O–H groups in total. The summed E-state index contributed by atoms with van der Waals surface area (Å²) in [6, 6.07) is 18.8. The predicted octanol–water partition coefficient (Wildman–Crippen LogP) is 5.06. The molecule has 1 saturated carbocycles. The molecule has 0 spiro atoms. The molecule has 0 radical (unpaired) electrons. The molecule has 35 heavy (non-hydrogen) atoms. The van der Waals surface area contributed by atoms with Crippen molar-refractivity contribution in [1.82, 2.24) is 9.88 Å². The minimum atomic E-state index is -1.17. The Kier molecular flexibility index (Phi) is 7.30. The maximum absolute atomic E-state index is 12.8. The average molecular weight is 471 g/mol. The van der Waals surface area contributed by atoms with Gasteiger partial charge in [-0.05, 0) is 55.2 Å². The van der Waals surface area contributed by atoms with E-state index in [1.54, 1.807) is 18.2 Å². The van der Waals surface area contributed by atoms with Crippen molar-refractivity contribution in [2.75, 3.05) is 0 Å². The van der Waals surface area contributed by atoms with E-state index in [1.165, 1.54) is 0 Å². The first-order valence-corrected chi connectivity index (χ1v) is 11.9. The molecule has 6 nitrogen and oxygen atoms in total. The maximum Gasteiger partial charge on any atom is 0.329 e. The van der Waals surface area contributed by atoms with Gasteiger partial charge in [-0.1, -0.05) is 67.0 Å². The Hall–Kier alpha value is -3.93.